The molecule has 0 N–H and O–H groups in total. The molecule has 1 aromatic heterocycles. The van der Waals surface area contributed by atoms with Gasteiger partial charge < -0.3 is 9.47 Å². The zero-order chi connectivity index (χ0) is 20.2. The number of carbonyl (C=O) groups is 1. The molecular weight excluding hydrogens is 428 g/mol. The molecule has 0 radical (unpaired) electrons. The fourth-order valence-corrected chi connectivity index (χ4v) is 5.26. The van der Waals surface area contributed by atoms with Crippen LogP contribution >= 0.6 is 34.7 Å². The second kappa shape index (κ2) is 9.34. The van der Waals surface area contributed by atoms with Gasteiger partial charge >= 0.3 is 0 Å². The number of rotatable bonds is 7. The van der Waals surface area contributed by atoms with Crippen LogP contribution in [0.15, 0.2) is 47.4 Å². The van der Waals surface area contributed by atoms with Crippen LogP contribution in [0.25, 0.3) is 10.2 Å². The van der Waals surface area contributed by atoms with Crippen molar-refractivity contribution in [1.82, 2.24) is 4.98 Å². The predicted octanol–water partition coefficient (Wildman–Crippen LogP) is 5.26. The van der Waals surface area contributed by atoms with E-state index in [2.05, 4.69) is 4.98 Å². The Morgan fingerprint density at radius 3 is 2.86 bits per heavy atom. The average molecular weight is 449 g/mol. The molecule has 0 saturated carbocycles. The van der Waals surface area contributed by atoms with Crippen molar-refractivity contribution in [1.29, 1.82) is 0 Å². The van der Waals surface area contributed by atoms with E-state index < -0.39 is 0 Å². The quantitative estimate of drug-likeness (QED) is 0.461. The van der Waals surface area contributed by atoms with Gasteiger partial charge in [-0.05, 0) is 49.2 Å². The molecule has 2 aromatic carbocycles. The highest BCUT2D eigenvalue weighted by Crippen LogP contribution is 2.34. The van der Waals surface area contributed by atoms with Gasteiger partial charge in [0.1, 0.15) is 11.3 Å². The highest BCUT2D eigenvalue weighted by Gasteiger charge is 2.26. The molecule has 4 rings (SSSR count). The molecule has 2 heterocycles. The summed E-state index contributed by atoms with van der Waals surface area (Å²) in [6.45, 7) is 1.26. The maximum atomic E-state index is 13.1. The molecule has 1 aliphatic heterocycles. The Balaban J connectivity index is 1.53. The summed E-state index contributed by atoms with van der Waals surface area (Å²) in [6, 6.07) is 13.4. The van der Waals surface area contributed by atoms with Gasteiger partial charge in [-0.25, -0.2) is 4.98 Å². The minimum Gasteiger partial charge on any atom is -0.497 e. The van der Waals surface area contributed by atoms with E-state index in [4.69, 9.17) is 21.1 Å². The number of halogens is 1. The summed E-state index contributed by atoms with van der Waals surface area (Å²) in [5.41, 5.74) is 0.738. The number of fused-ring (bicyclic) bond motifs is 1. The van der Waals surface area contributed by atoms with E-state index in [1.165, 1.54) is 23.1 Å². The summed E-state index contributed by atoms with van der Waals surface area (Å²) in [7, 11) is 1.64. The number of nitrogens with zero attached hydrogens (tertiary/aromatic N) is 2. The lowest BCUT2D eigenvalue weighted by Crippen LogP contribution is -2.38. The second-order valence-corrected chi connectivity index (χ2v) is 9.15. The van der Waals surface area contributed by atoms with Crippen LogP contribution in [-0.4, -0.2) is 43.0 Å². The van der Waals surface area contributed by atoms with Crippen LogP contribution in [-0.2, 0) is 9.53 Å². The Labute approximate surface area is 183 Å². The third-order valence-corrected chi connectivity index (χ3v) is 7.07. The Morgan fingerprint density at radius 1 is 1.34 bits per heavy atom. The molecule has 0 spiro atoms. The van der Waals surface area contributed by atoms with Crippen LogP contribution in [0.2, 0.25) is 5.02 Å². The topological polar surface area (TPSA) is 51.7 Å². The van der Waals surface area contributed by atoms with E-state index in [1.807, 2.05) is 42.5 Å². The van der Waals surface area contributed by atoms with Crippen molar-refractivity contribution in [2.75, 3.05) is 30.9 Å². The summed E-state index contributed by atoms with van der Waals surface area (Å²) in [4.78, 5) is 20.6. The lowest BCUT2D eigenvalue weighted by Gasteiger charge is -2.23. The summed E-state index contributed by atoms with van der Waals surface area (Å²) in [6.07, 6.45) is 2.03. The van der Waals surface area contributed by atoms with Crippen molar-refractivity contribution in [3.8, 4) is 5.75 Å². The third kappa shape index (κ3) is 4.86. The van der Waals surface area contributed by atoms with Crippen molar-refractivity contribution in [2.24, 2.45) is 0 Å². The fourth-order valence-electron chi connectivity index (χ4n) is 3.19. The third-order valence-electron chi connectivity index (χ3n) is 4.72. The van der Waals surface area contributed by atoms with Gasteiger partial charge in [0.2, 0.25) is 5.91 Å². The Kier molecular flexibility index (Phi) is 6.60. The van der Waals surface area contributed by atoms with Crippen LogP contribution < -0.4 is 9.64 Å². The molecule has 0 bridgehead atoms. The number of thiazole rings is 1. The molecule has 1 amide bonds. The summed E-state index contributed by atoms with van der Waals surface area (Å²) >= 11 is 9.28. The molecule has 1 unspecified atom stereocenters. The zero-order valence-electron chi connectivity index (χ0n) is 16.0. The van der Waals surface area contributed by atoms with E-state index in [0.29, 0.717) is 22.5 Å². The standard InChI is InChI=1S/C21H21ClN2O3S2/c1-26-14-7-9-16(10-8-14)28-13-19(25)24(12-15-4-3-11-27-15)21-23-20-17(22)5-2-6-18(20)29-21/h2,5-10,15H,3-4,11-13H2,1H3. The molecule has 1 fully saturated rings. The molecule has 1 atom stereocenters. The average Bonchev–Trinajstić information content (AvgIpc) is 3.41. The minimum absolute atomic E-state index is 0.0106. The lowest BCUT2D eigenvalue weighted by molar-refractivity contribution is -0.116. The van der Waals surface area contributed by atoms with Crippen LogP contribution in [0.4, 0.5) is 5.13 Å². The largest absolute Gasteiger partial charge is 0.497 e. The number of carbonyl (C=O) groups excluding carboxylic acids is 1. The molecule has 5 nitrogen and oxygen atoms in total. The van der Waals surface area contributed by atoms with Crippen LogP contribution in [0.3, 0.4) is 0 Å². The molecule has 0 aliphatic carbocycles. The van der Waals surface area contributed by atoms with Gasteiger partial charge in [-0.3, -0.25) is 9.69 Å². The first-order valence-corrected chi connectivity index (χ1v) is 11.6. The molecule has 1 saturated heterocycles. The predicted molar refractivity (Wildman–Crippen MR) is 120 cm³/mol. The fraction of sp³-hybridized carbons (Fsp3) is 0.333. The number of anilines is 1. The van der Waals surface area contributed by atoms with Gasteiger partial charge in [-0.15, -0.1) is 11.8 Å². The van der Waals surface area contributed by atoms with Crippen molar-refractivity contribution in [3.05, 3.63) is 47.5 Å². The van der Waals surface area contributed by atoms with E-state index >= 15 is 0 Å². The molecule has 152 valence electrons. The number of amides is 1. The number of methoxy groups -OCH3 is 1. The SMILES string of the molecule is COc1ccc(SCC(=O)N(CC2CCCO2)c2nc3c(Cl)cccc3s2)cc1. The number of hydrogen-bond donors (Lipinski definition) is 0. The van der Waals surface area contributed by atoms with Gasteiger partial charge in [0, 0.05) is 11.5 Å². The van der Waals surface area contributed by atoms with Crippen molar-refractivity contribution in [3.63, 3.8) is 0 Å². The van der Waals surface area contributed by atoms with E-state index in [9.17, 15) is 4.79 Å². The summed E-state index contributed by atoms with van der Waals surface area (Å²) < 4.78 is 11.9. The van der Waals surface area contributed by atoms with E-state index in [1.54, 1.807) is 12.0 Å². The van der Waals surface area contributed by atoms with Crippen molar-refractivity contribution < 1.29 is 14.3 Å². The van der Waals surface area contributed by atoms with Crippen molar-refractivity contribution in [2.45, 2.75) is 23.8 Å². The number of hydrogen-bond acceptors (Lipinski definition) is 6. The van der Waals surface area contributed by atoms with Crippen LogP contribution in [0.1, 0.15) is 12.8 Å². The number of ether oxygens (including phenoxy) is 2. The summed E-state index contributed by atoms with van der Waals surface area (Å²) in [5, 5.41) is 1.27. The van der Waals surface area contributed by atoms with Gasteiger partial charge in [0.05, 0.1) is 35.2 Å². The maximum absolute atomic E-state index is 13.1. The van der Waals surface area contributed by atoms with Crippen LogP contribution in [0, 0.1) is 0 Å². The monoisotopic (exact) mass is 448 g/mol. The Bertz CT molecular complexity index is 987. The van der Waals surface area contributed by atoms with Crippen LogP contribution in [0.5, 0.6) is 5.75 Å². The first kappa shape index (κ1) is 20.5. The first-order valence-electron chi connectivity index (χ1n) is 9.38. The number of benzene rings is 2. The zero-order valence-corrected chi connectivity index (χ0v) is 18.4. The molecular formula is C21H21ClN2O3S2. The number of thioether (sulfide) groups is 1. The van der Waals surface area contributed by atoms with Crippen molar-refractivity contribution >= 4 is 56.0 Å². The Morgan fingerprint density at radius 2 is 2.17 bits per heavy atom. The lowest BCUT2D eigenvalue weighted by atomic mass is 10.2. The first-order chi connectivity index (χ1) is 14.1. The minimum atomic E-state index is 0.0106. The summed E-state index contributed by atoms with van der Waals surface area (Å²) in [5.74, 6) is 1.13. The Hall–Kier alpha value is -1.80. The molecule has 1 aliphatic rings. The number of aromatic nitrogens is 1. The van der Waals surface area contributed by atoms with E-state index in [0.717, 1.165) is 40.3 Å². The highest BCUT2D eigenvalue weighted by molar-refractivity contribution is 8.00. The van der Waals surface area contributed by atoms with Gasteiger partial charge in [0.25, 0.3) is 0 Å². The van der Waals surface area contributed by atoms with Gasteiger partial charge in [0.15, 0.2) is 5.13 Å². The molecule has 8 heteroatoms. The smallest absolute Gasteiger partial charge is 0.239 e. The molecule has 29 heavy (non-hydrogen) atoms. The second-order valence-electron chi connectivity index (χ2n) is 6.69. The van der Waals surface area contributed by atoms with Gasteiger partial charge in [-0.2, -0.15) is 0 Å². The number of para-hydroxylation sites is 1. The normalized spacial score (nSPS) is 16.3. The highest BCUT2D eigenvalue weighted by atomic mass is 35.5. The maximum Gasteiger partial charge on any atom is 0.239 e. The van der Waals surface area contributed by atoms with Gasteiger partial charge in [-0.1, -0.05) is 29.0 Å². The van der Waals surface area contributed by atoms with E-state index in [-0.39, 0.29) is 12.0 Å². The molecule has 3 aromatic rings.